The second kappa shape index (κ2) is 5.48. The molecule has 0 aliphatic carbocycles. The minimum atomic E-state index is 0.627. The van der Waals surface area contributed by atoms with Gasteiger partial charge in [0.05, 0.1) is 10.4 Å². The van der Waals surface area contributed by atoms with Gasteiger partial charge in [-0.15, -0.1) is 28.1 Å². The van der Waals surface area contributed by atoms with Crippen LogP contribution in [0.2, 0.25) is 0 Å². The number of aryl methyl sites for hydroxylation is 1. The van der Waals surface area contributed by atoms with E-state index in [0.29, 0.717) is 6.54 Å². The fourth-order valence-corrected chi connectivity index (χ4v) is 3.30. The molecule has 23 heavy (non-hydrogen) atoms. The molecule has 0 unspecified atom stereocenters. The summed E-state index contributed by atoms with van der Waals surface area (Å²) in [5, 5.41) is 15.2. The van der Waals surface area contributed by atoms with E-state index < -0.39 is 0 Å². The molecule has 0 aliphatic rings. The molecule has 3 heterocycles. The van der Waals surface area contributed by atoms with Crippen LogP contribution in [0.5, 0.6) is 0 Å². The van der Waals surface area contributed by atoms with Crippen molar-refractivity contribution in [3.63, 3.8) is 0 Å². The van der Waals surface area contributed by atoms with Crippen LogP contribution in [-0.2, 0) is 0 Å². The molecule has 1 aromatic carbocycles. The fraction of sp³-hybridized carbons (Fsp3) is 0.118. The minimum absolute atomic E-state index is 0.627. The molecule has 0 atom stereocenters. The van der Waals surface area contributed by atoms with Crippen LogP contribution < -0.4 is 5.32 Å². The van der Waals surface area contributed by atoms with Crippen molar-refractivity contribution in [2.75, 3.05) is 11.9 Å². The van der Waals surface area contributed by atoms with E-state index in [-0.39, 0.29) is 0 Å². The summed E-state index contributed by atoms with van der Waals surface area (Å²) in [5.74, 6) is 1.53. The van der Waals surface area contributed by atoms with Crippen LogP contribution in [0.3, 0.4) is 0 Å². The van der Waals surface area contributed by atoms with E-state index in [4.69, 9.17) is 4.98 Å². The number of benzene rings is 1. The smallest absolute Gasteiger partial charge is 0.211 e. The molecule has 0 bridgehead atoms. The highest BCUT2D eigenvalue weighted by molar-refractivity contribution is 7.13. The van der Waals surface area contributed by atoms with Gasteiger partial charge in [0.1, 0.15) is 0 Å². The van der Waals surface area contributed by atoms with Gasteiger partial charge in [0, 0.05) is 11.9 Å². The summed E-state index contributed by atoms with van der Waals surface area (Å²) >= 11 is 1.64. The normalized spacial score (nSPS) is 11.2. The zero-order valence-corrected chi connectivity index (χ0v) is 13.5. The van der Waals surface area contributed by atoms with E-state index in [1.54, 1.807) is 11.3 Å². The van der Waals surface area contributed by atoms with Crippen LogP contribution >= 0.6 is 11.3 Å². The Bertz CT molecular complexity index is 1000. The summed E-state index contributed by atoms with van der Waals surface area (Å²) in [6.45, 7) is 6.45. The van der Waals surface area contributed by atoms with Gasteiger partial charge in [-0.3, -0.25) is 0 Å². The molecule has 6 heteroatoms. The Hall–Kier alpha value is -2.73. The number of rotatable bonds is 4. The molecule has 0 radical (unpaired) electrons. The lowest BCUT2D eigenvalue weighted by molar-refractivity contribution is 1.08. The quantitative estimate of drug-likeness (QED) is 0.579. The van der Waals surface area contributed by atoms with Gasteiger partial charge >= 0.3 is 0 Å². The fourth-order valence-electron chi connectivity index (χ4n) is 2.60. The first-order valence-electron chi connectivity index (χ1n) is 7.32. The number of aromatic nitrogens is 4. The molecule has 0 fully saturated rings. The monoisotopic (exact) mass is 321 g/mol. The molecule has 0 saturated heterocycles. The van der Waals surface area contributed by atoms with Gasteiger partial charge in [-0.1, -0.05) is 23.8 Å². The molecule has 4 aromatic rings. The van der Waals surface area contributed by atoms with Crippen molar-refractivity contribution >= 4 is 33.8 Å². The highest BCUT2D eigenvalue weighted by Gasteiger charge is 2.16. The van der Waals surface area contributed by atoms with Crippen molar-refractivity contribution in [1.29, 1.82) is 0 Å². The lowest BCUT2D eigenvalue weighted by Gasteiger charge is -2.10. The maximum atomic E-state index is 4.75. The van der Waals surface area contributed by atoms with Gasteiger partial charge in [0.15, 0.2) is 11.5 Å². The number of nitrogens with one attached hydrogen (secondary N) is 1. The number of thiophene rings is 1. The zero-order chi connectivity index (χ0) is 15.8. The standard InChI is InChI=1S/C17H15N5S/c1-3-8-18-17-19-13-7-6-11(2)10-12(13)15-20-21-16(22(15)17)14-5-4-9-23-14/h3-7,9-10H,1,8H2,2H3,(H,18,19). The summed E-state index contributed by atoms with van der Waals surface area (Å²) in [5.41, 5.74) is 2.89. The van der Waals surface area contributed by atoms with Crippen LogP contribution in [0.1, 0.15) is 5.56 Å². The first-order valence-corrected chi connectivity index (χ1v) is 8.20. The number of hydrogen-bond acceptors (Lipinski definition) is 5. The number of anilines is 1. The highest BCUT2D eigenvalue weighted by Crippen LogP contribution is 2.29. The van der Waals surface area contributed by atoms with Crippen LogP contribution in [0.15, 0.2) is 48.4 Å². The highest BCUT2D eigenvalue weighted by atomic mass is 32.1. The maximum Gasteiger partial charge on any atom is 0.211 e. The third-order valence-electron chi connectivity index (χ3n) is 3.64. The summed E-state index contributed by atoms with van der Waals surface area (Å²) < 4.78 is 1.98. The van der Waals surface area contributed by atoms with Gasteiger partial charge in [0.2, 0.25) is 5.95 Å². The van der Waals surface area contributed by atoms with Crippen LogP contribution in [0.4, 0.5) is 5.95 Å². The Kier molecular flexibility index (Phi) is 3.31. The average Bonchev–Trinajstić information content (AvgIpc) is 3.21. The van der Waals surface area contributed by atoms with E-state index >= 15 is 0 Å². The molecule has 0 amide bonds. The first kappa shape index (κ1) is 13.9. The van der Waals surface area contributed by atoms with Gasteiger partial charge in [0.25, 0.3) is 0 Å². The Labute approximate surface area is 137 Å². The van der Waals surface area contributed by atoms with Crippen molar-refractivity contribution in [3.05, 3.63) is 53.9 Å². The van der Waals surface area contributed by atoms with E-state index in [1.165, 1.54) is 5.56 Å². The molecule has 114 valence electrons. The third-order valence-corrected chi connectivity index (χ3v) is 4.51. The van der Waals surface area contributed by atoms with E-state index in [9.17, 15) is 0 Å². The van der Waals surface area contributed by atoms with Crippen LogP contribution in [-0.4, -0.2) is 26.1 Å². The topological polar surface area (TPSA) is 55.1 Å². The SMILES string of the molecule is C=CCNc1nc2ccc(C)cc2c2nnc(-c3cccs3)n12. The molecular formula is C17H15N5S. The Morgan fingerprint density at radius 1 is 1.30 bits per heavy atom. The van der Waals surface area contributed by atoms with Crippen molar-refractivity contribution in [3.8, 4) is 10.7 Å². The van der Waals surface area contributed by atoms with Crippen molar-refractivity contribution < 1.29 is 0 Å². The average molecular weight is 321 g/mol. The molecule has 0 saturated carbocycles. The molecule has 0 aliphatic heterocycles. The Balaban J connectivity index is 2.08. The second-order valence-corrected chi connectivity index (χ2v) is 6.23. The van der Waals surface area contributed by atoms with Gasteiger partial charge < -0.3 is 5.32 Å². The first-order chi connectivity index (χ1) is 11.3. The predicted octanol–water partition coefficient (Wildman–Crippen LogP) is 3.91. The van der Waals surface area contributed by atoms with E-state index in [2.05, 4.69) is 41.1 Å². The third kappa shape index (κ3) is 2.27. The maximum absolute atomic E-state index is 4.75. The van der Waals surface area contributed by atoms with Gasteiger partial charge in [-0.2, -0.15) is 0 Å². The second-order valence-electron chi connectivity index (χ2n) is 5.29. The lowest BCUT2D eigenvalue weighted by Crippen LogP contribution is -2.07. The predicted molar refractivity (Wildman–Crippen MR) is 95.0 cm³/mol. The van der Waals surface area contributed by atoms with Gasteiger partial charge in [-0.25, -0.2) is 9.38 Å². The van der Waals surface area contributed by atoms with Crippen LogP contribution in [0, 0.1) is 6.92 Å². The summed E-state index contributed by atoms with van der Waals surface area (Å²) in [4.78, 5) is 5.82. The van der Waals surface area contributed by atoms with E-state index in [0.717, 1.165) is 33.2 Å². The Morgan fingerprint density at radius 2 is 2.22 bits per heavy atom. The van der Waals surface area contributed by atoms with Gasteiger partial charge in [-0.05, 0) is 30.5 Å². The Morgan fingerprint density at radius 3 is 3.00 bits per heavy atom. The molecule has 0 spiro atoms. The molecule has 4 rings (SSSR count). The zero-order valence-electron chi connectivity index (χ0n) is 12.7. The molecule has 5 nitrogen and oxygen atoms in total. The molecular weight excluding hydrogens is 306 g/mol. The number of hydrogen-bond donors (Lipinski definition) is 1. The van der Waals surface area contributed by atoms with Crippen molar-refractivity contribution in [2.24, 2.45) is 0 Å². The largest absolute Gasteiger partial charge is 0.352 e. The minimum Gasteiger partial charge on any atom is -0.352 e. The van der Waals surface area contributed by atoms with Crippen molar-refractivity contribution in [1.82, 2.24) is 19.6 Å². The lowest BCUT2D eigenvalue weighted by atomic mass is 10.1. The van der Waals surface area contributed by atoms with Crippen molar-refractivity contribution in [2.45, 2.75) is 6.92 Å². The summed E-state index contributed by atoms with van der Waals surface area (Å²) in [6, 6.07) is 10.2. The van der Waals surface area contributed by atoms with Crippen LogP contribution in [0.25, 0.3) is 27.3 Å². The molecule has 1 N–H and O–H groups in total. The summed E-state index contributed by atoms with van der Waals surface area (Å²) in [7, 11) is 0. The summed E-state index contributed by atoms with van der Waals surface area (Å²) in [6.07, 6.45) is 1.81. The number of fused-ring (bicyclic) bond motifs is 3. The van der Waals surface area contributed by atoms with E-state index in [1.807, 2.05) is 34.1 Å². The molecule has 3 aromatic heterocycles. The number of nitrogens with zero attached hydrogens (tertiary/aromatic N) is 4.